The van der Waals surface area contributed by atoms with E-state index in [2.05, 4.69) is 25.6 Å². The van der Waals surface area contributed by atoms with E-state index in [1.807, 2.05) is 5.38 Å². The van der Waals surface area contributed by atoms with Crippen molar-refractivity contribution in [2.45, 2.75) is 38.0 Å². The van der Waals surface area contributed by atoms with Gasteiger partial charge in [0.25, 0.3) is 5.91 Å². The maximum atomic E-state index is 12.6. The molecule has 146 valence electrons. The molecule has 3 aromatic heterocycles. The average molecular weight is 400 g/mol. The predicted molar refractivity (Wildman–Crippen MR) is 102 cm³/mol. The fraction of sp³-hybridized carbons (Fsp3) is 0.389. The highest BCUT2D eigenvalue weighted by Gasteiger charge is 2.34. The molecule has 0 radical (unpaired) electrons. The number of fused-ring (bicyclic) bond motifs is 1. The Kier molecular flexibility index (Phi) is 5.31. The zero-order valence-corrected chi connectivity index (χ0v) is 15.8. The number of amides is 2. The zero-order chi connectivity index (χ0) is 19.5. The first-order valence-electron chi connectivity index (χ1n) is 9.03. The summed E-state index contributed by atoms with van der Waals surface area (Å²) in [4.78, 5) is 37.4. The molecule has 28 heavy (non-hydrogen) atoms. The molecule has 3 heterocycles. The first kappa shape index (κ1) is 18.5. The maximum absolute atomic E-state index is 12.6. The van der Waals surface area contributed by atoms with Crippen molar-refractivity contribution < 1.29 is 14.7 Å². The number of nitrogens with zero attached hydrogens (tertiary/aromatic N) is 4. The van der Waals surface area contributed by atoms with Gasteiger partial charge in [-0.05, 0) is 25.3 Å². The second-order valence-electron chi connectivity index (χ2n) is 6.81. The van der Waals surface area contributed by atoms with E-state index in [1.54, 1.807) is 34.6 Å². The van der Waals surface area contributed by atoms with Gasteiger partial charge in [0.15, 0.2) is 0 Å². The summed E-state index contributed by atoms with van der Waals surface area (Å²) in [5, 5.41) is 17.9. The van der Waals surface area contributed by atoms with Crippen LogP contribution in [-0.2, 0) is 11.3 Å². The second kappa shape index (κ2) is 8.03. The molecule has 1 aliphatic carbocycles. The molecule has 2 amide bonds. The van der Waals surface area contributed by atoms with E-state index < -0.39 is 18.1 Å². The Bertz CT molecular complexity index is 940. The molecule has 9 nitrogen and oxygen atoms in total. The number of imidazole rings is 1. The summed E-state index contributed by atoms with van der Waals surface area (Å²) in [5.74, 6) is -0.319. The number of carbonyl (C=O) groups excluding carboxylic acids is 2. The van der Waals surface area contributed by atoms with Gasteiger partial charge in [0.1, 0.15) is 5.69 Å². The normalized spacial score (nSPS) is 22.1. The van der Waals surface area contributed by atoms with Crippen LogP contribution in [0, 0.1) is 5.92 Å². The summed E-state index contributed by atoms with van der Waals surface area (Å²) < 4.78 is 1.65. The number of nitrogens with one attached hydrogen (secondary N) is 2. The lowest BCUT2D eigenvalue weighted by atomic mass is 9.83. The summed E-state index contributed by atoms with van der Waals surface area (Å²) in [6, 6.07) is 1.24. The van der Waals surface area contributed by atoms with Crippen molar-refractivity contribution in [1.29, 1.82) is 0 Å². The first-order valence-corrected chi connectivity index (χ1v) is 9.98. The van der Waals surface area contributed by atoms with E-state index >= 15 is 0 Å². The number of thiazole rings is 1. The number of aromatic nitrogens is 4. The minimum atomic E-state index is -0.693. The zero-order valence-electron chi connectivity index (χ0n) is 15.0. The molecule has 10 heteroatoms. The lowest BCUT2D eigenvalue weighted by Crippen LogP contribution is -2.49. The highest BCUT2D eigenvalue weighted by atomic mass is 32.1. The molecule has 1 fully saturated rings. The van der Waals surface area contributed by atoms with Gasteiger partial charge in [0, 0.05) is 29.9 Å². The van der Waals surface area contributed by atoms with E-state index in [9.17, 15) is 14.7 Å². The first-order chi connectivity index (χ1) is 13.6. The van der Waals surface area contributed by atoms with Crippen LogP contribution in [0.1, 0.15) is 35.4 Å². The molecular formula is C18H20N6O3S. The van der Waals surface area contributed by atoms with E-state index in [1.165, 1.54) is 11.3 Å². The summed E-state index contributed by atoms with van der Waals surface area (Å²) in [5.41, 5.74) is 2.76. The number of aliphatic hydroxyl groups excluding tert-OH is 1. The van der Waals surface area contributed by atoms with Crippen LogP contribution in [0.4, 0.5) is 0 Å². The monoisotopic (exact) mass is 400 g/mol. The summed E-state index contributed by atoms with van der Waals surface area (Å²) >= 11 is 1.48. The molecule has 3 aromatic rings. The molecule has 4 rings (SSSR count). The summed E-state index contributed by atoms with van der Waals surface area (Å²) in [7, 11) is 0. The SMILES string of the molecule is O=C(N[C@@H]1C[C@@H](C(=O)NCc2cscn2)CC[C@H]1O)c1cn2cccnc2n1. The third kappa shape index (κ3) is 4.02. The van der Waals surface area contributed by atoms with Crippen LogP contribution in [0.5, 0.6) is 0 Å². The minimum absolute atomic E-state index is 0.0870. The van der Waals surface area contributed by atoms with Gasteiger partial charge in [-0.3, -0.25) is 14.0 Å². The summed E-state index contributed by atoms with van der Waals surface area (Å²) in [6.07, 6.45) is 5.66. The van der Waals surface area contributed by atoms with Gasteiger partial charge >= 0.3 is 0 Å². The molecule has 0 aliphatic heterocycles. The Balaban J connectivity index is 1.37. The van der Waals surface area contributed by atoms with Crippen molar-refractivity contribution >= 4 is 28.9 Å². The van der Waals surface area contributed by atoms with Crippen LogP contribution in [0.2, 0.25) is 0 Å². The van der Waals surface area contributed by atoms with Crippen molar-refractivity contribution in [3.05, 3.63) is 46.9 Å². The molecular weight excluding hydrogens is 380 g/mol. The number of hydrogen-bond donors (Lipinski definition) is 3. The van der Waals surface area contributed by atoms with Crippen molar-refractivity contribution in [1.82, 2.24) is 30.0 Å². The molecule has 0 bridgehead atoms. The van der Waals surface area contributed by atoms with Crippen molar-refractivity contribution in [2.24, 2.45) is 5.92 Å². The van der Waals surface area contributed by atoms with Crippen molar-refractivity contribution in [3.8, 4) is 0 Å². The molecule has 1 aliphatic rings. The number of carbonyl (C=O) groups is 2. The van der Waals surface area contributed by atoms with Crippen LogP contribution in [0.25, 0.3) is 5.78 Å². The van der Waals surface area contributed by atoms with Gasteiger partial charge in [-0.25, -0.2) is 15.0 Å². The van der Waals surface area contributed by atoms with Crippen LogP contribution < -0.4 is 10.6 Å². The molecule has 3 atom stereocenters. The fourth-order valence-electron chi connectivity index (χ4n) is 3.38. The van der Waals surface area contributed by atoms with Crippen LogP contribution in [0.15, 0.2) is 35.5 Å². The molecule has 0 saturated heterocycles. The van der Waals surface area contributed by atoms with Crippen LogP contribution in [-0.4, -0.2) is 48.4 Å². The van der Waals surface area contributed by atoms with E-state index in [-0.39, 0.29) is 17.5 Å². The molecule has 0 aromatic carbocycles. The third-order valence-electron chi connectivity index (χ3n) is 4.90. The number of aliphatic hydroxyl groups is 1. The summed E-state index contributed by atoms with van der Waals surface area (Å²) in [6.45, 7) is 0.382. The van der Waals surface area contributed by atoms with Crippen LogP contribution >= 0.6 is 11.3 Å². The Labute approximate surface area is 164 Å². The standard InChI is InChI=1S/C18H20N6O3S/c25-15-3-2-11(16(26)20-7-12-9-28-10-21-12)6-13(15)22-17(27)14-8-24-5-1-4-19-18(24)23-14/h1,4-5,8-11,13,15,25H,2-3,6-7H2,(H,20,26)(H,22,27)/t11-,13+,15+/m0/s1. The second-order valence-corrected chi connectivity index (χ2v) is 7.53. The Morgan fingerprint density at radius 1 is 1.32 bits per heavy atom. The quantitative estimate of drug-likeness (QED) is 0.581. The molecule has 1 saturated carbocycles. The highest BCUT2D eigenvalue weighted by molar-refractivity contribution is 7.07. The average Bonchev–Trinajstić information content (AvgIpc) is 3.37. The number of hydrogen-bond acceptors (Lipinski definition) is 7. The Morgan fingerprint density at radius 2 is 2.21 bits per heavy atom. The third-order valence-corrected chi connectivity index (χ3v) is 5.53. The lowest BCUT2D eigenvalue weighted by molar-refractivity contribution is -0.127. The molecule has 3 N–H and O–H groups in total. The molecule has 0 unspecified atom stereocenters. The molecule has 0 spiro atoms. The largest absolute Gasteiger partial charge is 0.391 e. The Hall–Kier alpha value is -2.85. The van der Waals surface area contributed by atoms with E-state index in [4.69, 9.17) is 0 Å². The van der Waals surface area contributed by atoms with Gasteiger partial charge in [-0.1, -0.05) is 0 Å². The maximum Gasteiger partial charge on any atom is 0.271 e. The van der Waals surface area contributed by atoms with Crippen molar-refractivity contribution in [3.63, 3.8) is 0 Å². The minimum Gasteiger partial charge on any atom is -0.391 e. The van der Waals surface area contributed by atoms with Gasteiger partial charge in [-0.15, -0.1) is 11.3 Å². The van der Waals surface area contributed by atoms with Gasteiger partial charge < -0.3 is 15.7 Å². The number of rotatable bonds is 5. The van der Waals surface area contributed by atoms with Gasteiger partial charge in [0.2, 0.25) is 11.7 Å². The Morgan fingerprint density at radius 3 is 3.00 bits per heavy atom. The fourth-order valence-corrected chi connectivity index (χ4v) is 3.93. The predicted octanol–water partition coefficient (Wildman–Crippen LogP) is 0.762. The highest BCUT2D eigenvalue weighted by Crippen LogP contribution is 2.25. The van der Waals surface area contributed by atoms with Crippen molar-refractivity contribution in [2.75, 3.05) is 0 Å². The van der Waals surface area contributed by atoms with Gasteiger partial charge in [-0.2, -0.15) is 0 Å². The van der Waals surface area contributed by atoms with E-state index in [0.717, 1.165) is 5.69 Å². The smallest absolute Gasteiger partial charge is 0.271 e. The van der Waals surface area contributed by atoms with Crippen LogP contribution in [0.3, 0.4) is 0 Å². The lowest BCUT2D eigenvalue weighted by Gasteiger charge is -2.33. The topological polar surface area (TPSA) is 122 Å². The van der Waals surface area contributed by atoms with E-state index in [0.29, 0.717) is 31.6 Å². The van der Waals surface area contributed by atoms with Gasteiger partial charge in [0.05, 0.1) is 29.9 Å².